The fourth-order valence-corrected chi connectivity index (χ4v) is 1.54. The van der Waals surface area contributed by atoms with Crippen LogP contribution in [0.15, 0.2) is 0 Å². The number of carboxylic acid groups (broad SMARTS) is 1. The fraction of sp³-hybridized carbons (Fsp3) is 0.444. The summed E-state index contributed by atoms with van der Waals surface area (Å²) in [6.07, 6.45) is 2.52. The SMILES string of the molecule is Cc1nn(C2CC2)c(C=O)c1C(=O)O. The molecule has 0 unspecified atom stereocenters. The molecule has 1 saturated carbocycles. The summed E-state index contributed by atoms with van der Waals surface area (Å²) in [6, 6.07) is 0.224. The maximum absolute atomic E-state index is 10.8. The van der Waals surface area contributed by atoms with Crippen LogP contribution in [-0.2, 0) is 0 Å². The fourth-order valence-electron chi connectivity index (χ4n) is 1.54. The molecular formula is C9H10N2O3. The molecule has 1 aliphatic carbocycles. The lowest BCUT2D eigenvalue weighted by Gasteiger charge is -1.98. The smallest absolute Gasteiger partial charge is 0.339 e. The summed E-state index contributed by atoms with van der Waals surface area (Å²) in [5.41, 5.74) is 0.635. The molecule has 1 fully saturated rings. The first-order chi connectivity index (χ1) is 6.65. The Hall–Kier alpha value is -1.65. The second-order valence-electron chi connectivity index (χ2n) is 3.44. The van der Waals surface area contributed by atoms with Gasteiger partial charge in [0.15, 0.2) is 6.29 Å². The molecule has 0 atom stereocenters. The van der Waals surface area contributed by atoms with E-state index in [-0.39, 0.29) is 17.3 Å². The lowest BCUT2D eigenvalue weighted by Crippen LogP contribution is -2.05. The van der Waals surface area contributed by atoms with Crippen molar-refractivity contribution in [3.8, 4) is 0 Å². The number of aryl methyl sites for hydroxylation is 1. The van der Waals surface area contributed by atoms with Gasteiger partial charge in [-0.05, 0) is 19.8 Å². The lowest BCUT2D eigenvalue weighted by molar-refractivity contribution is 0.0693. The monoisotopic (exact) mass is 194 g/mol. The molecule has 1 aliphatic rings. The van der Waals surface area contributed by atoms with Crippen LogP contribution in [0.5, 0.6) is 0 Å². The highest BCUT2D eigenvalue weighted by Crippen LogP contribution is 2.36. The number of carbonyl (C=O) groups is 2. The Morgan fingerprint density at radius 3 is 2.71 bits per heavy atom. The highest BCUT2D eigenvalue weighted by Gasteiger charge is 2.30. The standard InChI is InChI=1S/C9H10N2O3/c1-5-8(9(13)14)7(4-12)11(10-5)6-2-3-6/h4,6H,2-3H2,1H3,(H,13,14). The predicted octanol–water partition coefficient (Wildman–Crippen LogP) is 1.04. The van der Waals surface area contributed by atoms with Crippen molar-refractivity contribution in [3.05, 3.63) is 17.0 Å². The molecule has 0 bridgehead atoms. The van der Waals surface area contributed by atoms with Gasteiger partial charge < -0.3 is 5.11 Å². The topological polar surface area (TPSA) is 72.2 Å². The first-order valence-electron chi connectivity index (χ1n) is 4.42. The van der Waals surface area contributed by atoms with Crippen LogP contribution >= 0.6 is 0 Å². The van der Waals surface area contributed by atoms with Gasteiger partial charge in [0.1, 0.15) is 11.3 Å². The summed E-state index contributed by atoms with van der Waals surface area (Å²) in [5, 5.41) is 13.0. The third kappa shape index (κ3) is 1.21. The van der Waals surface area contributed by atoms with Gasteiger partial charge in [-0.25, -0.2) is 4.79 Å². The van der Waals surface area contributed by atoms with Crippen LogP contribution in [0.4, 0.5) is 0 Å². The van der Waals surface area contributed by atoms with Crippen molar-refractivity contribution in [3.63, 3.8) is 0 Å². The molecule has 74 valence electrons. The minimum atomic E-state index is -1.09. The molecule has 5 nitrogen and oxygen atoms in total. The van der Waals surface area contributed by atoms with E-state index in [0.717, 1.165) is 12.8 Å². The van der Waals surface area contributed by atoms with Crippen molar-refractivity contribution in [2.75, 3.05) is 0 Å². The Labute approximate surface area is 80.3 Å². The number of carbonyl (C=O) groups excluding carboxylic acids is 1. The van der Waals surface area contributed by atoms with Crippen LogP contribution in [0.1, 0.15) is 45.4 Å². The van der Waals surface area contributed by atoms with Gasteiger partial charge in [-0.15, -0.1) is 0 Å². The second kappa shape index (κ2) is 2.94. The molecular weight excluding hydrogens is 184 g/mol. The average molecular weight is 194 g/mol. The van der Waals surface area contributed by atoms with Gasteiger partial charge in [0, 0.05) is 0 Å². The van der Waals surface area contributed by atoms with E-state index in [4.69, 9.17) is 5.11 Å². The van der Waals surface area contributed by atoms with Crippen molar-refractivity contribution >= 4 is 12.3 Å². The van der Waals surface area contributed by atoms with E-state index in [1.807, 2.05) is 0 Å². The summed E-state index contributed by atoms with van der Waals surface area (Å²) in [4.78, 5) is 21.6. The molecule has 5 heteroatoms. The zero-order valence-corrected chi connectivity index (χ0v) is 7.73. The van der Waals surface area contributed by atoms with Gasteiger partial charge in [0.2, 0.25) is 0 Å². The maximum atomic E-state index is 10.8. The van der Waals surface area contributed by atoms with Gasteiger partial charge in [-0.1, -0.05) is 0 Å². The predicted molar refractivity (Wildman–Crippen MR) is 47.6 cm³/mol. The second-order valence-corrected chi connectivity index (χ2v) is 3.44. The Bertz CT molecular complexity index is 404. The molecule has 1 N–H and O–H groups in total. The average Bonchev–Trinajstić information content (AvgIpc) is 2.89. The largest absolute Gasteiger partial charge is 0.478 e. The van der Waals surface area contributed by atoms with Crippen molar-refractivity contribution in [1.29, 1.82) is 0 Å². The molecule has 2 rings (SSSR count). The molecule has 14 heavy (non-hydrogen) atoms. The molecule has 0 radical (unpaired) electrons. The van der Waals surface area contributed by atoms with Gasteiger partial charge in [-0.3, -0.25) is 9.48 Å². The minimum absolute atomic E-state index is 0.0342. The van der Waals surface area contributed by atoms with E-state index in [2.05, 4.69) is 5.10 Å². The zero-order valence-electron chi connectivity index (χ0n) is 7.73. The Morgan fingerprint density at radius 2 is 2.29 bits per heavy atom. The van der Waals surface area contributed by atoms with Gasteiger partial charge in [-0.2, -0.15) is 5.10 Å². The van der Waals surface area contributed by atoms with E-state index >= 15 is 0 Å². The zero-order chi connectivity index (χ0) is 10.3. The van der Waals surface area contributed by atoms with Crippen LogP contribution in [0.25, 0.3) is 0 Å². The number of aromatic carboxylic acids is 1. The van der Waals surface area contributed by atoms with Crippen LogP contribution < -0.4 is 0 Å². The number of aromatic nitrogens is 2. The first-order valence-corrected chi connectivity index (χ1v) is 4.42. The first kappa shape index (κ1) is 8.93. The summed E-state index contributed by atoms with van der Waals surface area (Å²) in [5.74, 6) is -1.09. The van der Waals surface area contributed by atoms with Gasteiger partial charge in [0.25, 0.3) is 0 Å². The number of aldehydes is 1. The molecule has 0 spiro atoms. The maximum Gasteiger partial charge on any atom is 0.339 e. The highest BCUT2D eigenvalue weighted by atomic mass is 16.4. The number of hydrogen-bond acceptors (Lipinski definition) is 3. The van der Waals surface area contributed by atoms with E-state index in [0.29, 0.717) is 12.0 Å². The number of rotatable bonds is 3. The van der Waals surface area contributed by atoms with E-state index < -0.39 is 5.97 Å². The lowest BCUT2D eigenvalue weighted by atomic mass is 10.2. The van der Waals surface area contributed by atoms with E-state index in [9.17, 15) is 9.59 Å². The molecule has 1 aromatic heterocycles. The van der Waals surface area contributed by atoms with E-state index in [1.54, 1.807) is 6.92 Å². The Morgan fingerprint density at radius 1 is 1.64 bits per heavy atom. The van der Waals surface area contributed by atoms with Gasteiger partial charge in [0.05, 0.1) is 11.7 Å². The number of hydrogen-bond donors (Lipinski definition) is 1. The quantitative estimate of drug-likeness (QED) is 0.729. The third-order valence-electron chi connectivity index (χ3n) is 2.34. The molecule has 1 heterocycles. The highest BCUT2D eigenvalue weighted by molar-refractivity contribution is 5.97. The molecule has 1 aromatic rings. The summed E-state index contributed by atoms with van der Waals surface area (Å²) in [6.45, 7) is 1.61. The van der Waals surface area contributed by atoms with Gasteiger partial charge >= 0.3 is 5.97 Å². The Kier molecular flexibility index (Phi) is 1.87. The van der Waals surface area contributed by atoms with Crippen molar-refractivity contribution in [2.24, 2.45) is 0 Å². The normalized spacial score (nSPS) is 15.5. The molecule has 0 saturated heterocycles. The number of carboxylic acids is 1. The van der Waals surface area contributed by atoms with Crippen molar-refractivity contribution in [2.45, 2.75) is 25.8 Å². The summed E-state index contributed by atoms with van der Waals surface area (Å²) in [7, 11) is 0. The van der Waals surface area contributed by atoms with Crippen LogP contribution in [-0.4, -0.2) is 27.1 Å². The molecule has 0 aromatic carbocycles. The van der Waals surface area contributed by atoms with Crippen molar-refractivity contribution in [1.82, 2.24) is 9.78 Å². The molecule has 0 amide bonds. The Balaban J connectivity index is 2.57. The number of nitrogens with zero attached hydrogens (tertiary/aromatic N) is 2. The third-order valence-corrected chi connectivity index (χ3v) is 2.34. The van der Waals surface area contributed by atoms with Crippen LogP contribution in [0.3, 0.4) is 0 Å². The minimum Gasteiger partial charge on any atom is -0.478 e. The van der Waals surface area contributed by atoms with Crippen molar-refractivity contribution < 1.29 is 14.7 Å². The van der Waals surface area contributed by atoms with E-state index in [1.165, 1.54) is 4.68 Å². The van der Waals surface area contributed by atoms with Crippen LogP contribution in [0, 0.1) is 6.92 Å². The summed E-state index contributed by atoms with van der Waals surface area (Å²) >= 11 is 0. The van der Waals surface area contributed by atoms with Crippen LogP contribution in [0.2, 0.25) is 0 Å². The summed E-state index contributed by atoms with van der Waals surface area (Å²) < 4.78 is 1.53. The molecule has 0 aliphatic heterocycles.